The Morgan fingerprint density at radius 2 is 1.59 bits per heavy atom. The lowest BCUT2D eigenvalue weighted by Gasteiger charge is -2.21. The second-order valence-corrected chi connectivity index (χ2v) is 9.98. The van der Waals surface area contributed by atoms with Gasteiger partial charge in [-0.05, 0) is 25.1 Å². The Balaban J connectivity index is 1.77. The van der Waals surface area contributed by atoms with Gasteiger partial charge in [0, 0.05) is 12.0 Å². The van der Waals surface area contributed by atoms with Crippen LogP contribution in [0.25, 0.3) is 17.2 Å². The summed E-state index contributed by atoms with van der Waals surface area (Å²) in [7, 11) is -1.33. The summed E-state index contributed by atoms with van der Waals surface area (Å²) in [5, 5.41) is 6.83. The summed E-state index contributed by atoms with van der Waals surface area (Å²) in [5.41, 5.74) is -0.0250. The number of rotatable bonds is 9. The van der Waals surface area contributed by atoms with Gasteiger partial charge in [0.1, 0.15) is 23.0 Å². The molecule has 0 aliphatic rings. The van der Waals surface area contributed by atoms with E-state index in [2.05, 4.69) is 29.9 Å². The van der Waals surface area contributed by atoms with Crippen LogP contribution in [0.1, 0.15) is 25.5 Å². The molecular formula is C23H23F2N7O4S. The third-order valence-corrected chi connectivity index (χ3v) is 7.59. The van der Waals surface area contributed by atoms with Gasteiger partial charge in [0.05, 0.1) is 37.6 Å². The maximum absolute atomic E-state index is 14.9. The largest absolute Gasteiger partial charge is 0.481 e. The lowest BCUT2D eigenvalue weighted by Crippen LogP contribution is -2.31. The van der Waals surface area contributed by atoms with E-state index in [0.717, 1.165) is 16.7 Å². The second-order valence-electron chi connectivity index (χ2n) is 7.94. The summed E-state index contributed by atoms with van der Waals surface area (Å²) < 4.78 is 69.8. The molecule has 2 atom stereocenters. The van der Waals surface area contributed by atoms with Crippen molar-refractivity contribution in [1.82, 2.24) is 29.7 Å². The smallest absolute Gasteiger partial charge is 0.243 e. The lowest BCUT2D eigenvalue weighted by molar-refractivity contribution is 0.394. The Labute approximate surface area is 211 Å². The number of hydrogen-bond acceptors (Lipinski definition) is 9. The van der Waals surface area contributed by atoms with E-state index in [1.807, 2.05) is 0 Å². The number of anilines is 1. The van der Waals surface area contributed by atoms with Crippen molar-refractivity contribution < 1.29 is 26.7 Å². The number of hydrogen-bond donors (Lipinski definition) is 1. The third kappa shape index (κ3) is 5.18. The molecule has 3 aromatic heterocycles. The van der Waals surface area contributed by atoms with Crippen molar-refractivity contribution in [3.8, 4) is 29.0 Å². The van der Waals surface area contributed by atoms with E-state index in [1.165, 1.54) is 45.7 Å². The SMILES string of the molecule is COc1cnc(C(C)C(C)S(=O)(=O)Nc2nnc(-c3cccc(OC)n3)n2-c2c(F)cccc2F)cn1. The topological polar surface area (TPSA) is 134 Å². The van der Waals surface area contributed by atoms with Crippen LogP contribution in [0.3, 0.4) is 0 Å². The number of ether oxygens (including phenoxy) is 2. The van der Waals surface area contributed by atoms with Crippen molar-refractivity contribution in [3.05, 3.63) is 66.1 Å². The summed E-state index contributed by atoms with van der Waals surface area (Å²) in [5.74, 6) is -2.57. The van der Waals surface area contributed by atoms with E-state index >= 15 is 0 Å². The molecule has 3 heterocycles. The van der Waals surface area contributed by atoms with Gasteiger partial charge in [0.15, 0.2) is 5.82 Å². The van der Waals surface area contributed by atoms with Gasteiger partial charge in [-0.25, -0.2) is 27.2 Å². The molecule has 0 saturated heterocycles. The Hall–Kier alpha value is -4.20. The number of methoxy groups -OCH3 is 2. The molecule has 0 bridgehead atoms. The molecule has 194 valence electrons. The highest BCUT2D eigenvalue weighted by Crippen LogP contribution is 2.30. The molecule has 2 unspecified atom stereocenters. The Kier molecular flexibility index (Phi) is 7.29. The molecule has 0 saturated carbocycles. The van der Waals surface area contributed by atoms with E-state index in [4.69, 9.17) is 9.47 Å². The van der Waals surface area contributed by atoms with Gasteiger partial charge in [-0.1, -0.05) is 19.1 Å². The van der Waals surface area contributed by atoms with E-state index < -0.39 is 44.5 Å². The maximum atomic E-state index is 14.9. The monoisotopic (exact) mass is 531 g/mol. The van der Waals surface area contributed by atoms with Gasteiger partial charge in [-0.2, -0.15) is 0 Å². The summed E-state index contributed by atoms with van der Waals surface area (Å²) in [6.45, 7) is 3.13. The van der Waals surface area contributed by atoms with Crippen LogP contribution < -0.4 is 14.2 Å². The minimum Gasteiger partial charge on any atom is -0.481 e. The van der Waals surface area contributed by atoms with Crippen LogP contribution in [0.4, 0.5) is 14.7 Å². The van der Waals surface area contributed by atoms with Crippen LogP contribution in [0, 0.1) is 11.6 Å². The molecule has 1 aromatic carbocycles. The zero-order chi connectivity index (χ0) is 26.7. The number of halogens is 2. The molecule has 0 amide bonds. The molecule has 1 N–H and O–H groups in total. The Morgan fingerprint density at radius 3 is 2.22 bits per heavy atom. The normalized spacial score (nSPS) is 13.1. The zero-order valence-electron chi connectivity index (χ0n) is 20.3. The Morgan fingerprint density at radius 1 is 0.919 bits per heavy atom. The highest BCUT2D eigenvalue weighted by Gasteiger charge is 2.32. The van der Waals surface area contributed by atoms with Crippen LogP contribution >= 0.6 is 0 Å². The molecule has 0 fully saturated rings. The van der Waals surface area contributed by atoms with Gasteiger partial charge in [0.2, 0.25) is 27.7 Å². The molecule has 0 aliphatic carbocycles. The molecule has 4 aromatic rings. The van der Waals surface area contributed by atoms with Crippen molar-refractivity contribution >= 4 is 16.0 Å². The minimum atomic E-state index is -4.18. The molecule has 0 spiro atoms. The first kappa shape index (κ1) is 25.9. The van der Waals surface area contributed by atoms with Crippen molar-refractivity contribution in [3.63, 3.8) is 0 Å². The summed E-state index contributed by atoms with van der Waals surface area (Å²) in [4.78, 5) is 12.5. The van der Waals surface area contributed by atoms with Crippen LogP contribution in [0.15, 0.2) is 48.8 Å². The molecule has 4 rings (SSSR count). The fourth-order valence-electron chi connectivity index (χ4n) is 3.48. The van der Waals surface area contributed by atoms with Gasteiger partial charge in [-0.15, -0.1) is 10.2 Å². The standard InChI is InChI=1S/C23H23F2N7O4S/c1-13(18-11-27-20(36-4)12-26-18)14(2)37(33,34)31-23-30-29-22(17-9-6-10-19(28-17)35-3)32(23)21-15(24)7-5-8-16(21)25/h5-14H,1-4H3,(H,30,31). The van der Waals surface area contributed by atoms with Crippen LogP contribution in [0.5, 0.6) is 11.8 Å². The molecule has 0 aliphatic heterocycles. The first-order chi connectivity index (χ1) is 17.7. The molecular weight excluding hydrogens is 508 g/mol. The molecule has 11 nitrogen and oxygen atoms in total. The predicted molar refractivity (Wildman–Crippen MR) is 130 cm³/mol. The fourth-order valence-corrected chi connectivity index (χ4v) is 4.73. The zero-order valence-corrected chi connectivity index (χ0v) is 21.1. The number of nitrogens with zero attached hydrogens (tertiary/aromatic N) is 6. The number of nitrogens with one attached hydrogen (secondary N) is 1. The summed E-state index contributed by atoms with van der Waals surface area (Å²) in [6.07, 6.45) is 2.79. The predicted octanol–water partition coefficient (Wildman–Crippen LogP) is 3.35. The van der Waals surface area contributed by atoms with Gasteiger partial charge in [-0.3, -0.25) is 14.3 Å². The lowest BCUT2D eigenvalue weighted by atomic mass is 10.1. The van der Waals surface area contributed by atoms with Crippen LogP contribution in [-0.4, -0.2) is 57.6 Å². The number of aromatic nitrogens is 6. The van der Waals surface area contributed by atoms with Crippen molar-refractivity contribution in [1.29, 1.82) is 0 Å². The van der Waals surface area contributed by atoms with E-state index in [1.54, 1.807) is 19.1 Å². The summed E-state index contributed by atoms with van der Waals surface area (Å²) in [6, 6.07) is 7.95. The van der Waals surface area contributed by atoms with E-state index in [-0.39, 0.29) is 23.3 Å². The Bertz CT molecular complexity index is 1490. The van der Waals surface area contributed by atoms with Crippen LogP contribution in [-0.2, 0) is 10.0 Å². The second kappa shape index (κ2) is 10.4. The van der Waals surface area contributed by atoms with E-state index in [9.17, 15) is 17.2 Å². The highest BCUT2D eigenvalue weighted by molar-refractivity contribution is 7.93. The van der Waals surface area contributed by atoms with Crippen molar-refractivity contribution in [2.45, 2.75) is 25.0 Å². The van der Waals surface area contributed by atoms with Gasteiger partial charge < -0.3 is 9.47 Å². The van der Waals surface area contributed by atoms with Crippen molar-refractivity contribution in [2.75, 3.05) is 18.9 Å². The minimum absolute atomic E-state index is 0.109. The number of para-hydroxylation sites is 1. The maximum Gasteiger partial charge on any atom is 0.243 e. The van der Waals surface area contributed by atoms with Gasteiger partial charge in [0.25, 0.3) is 0 Å². The van der Waals surface area contributed by atoms with Crippen LogP contribution in [0.2, 0.25) is 0 Å². The number of benzene rings is 1. The number of sulfonamides is 1. The molecule has 14 heteroatoms. The first-order valence-electron chi connectivity index (χ1n) is 10.9. The quantitative estimate of drug-likeness (QED) is 0.345. The van der Waals surface area contributed by atoms with Crippen molar-refractivity contribution in [2.24, 2.45) is 0 Å². The average molecular weight is 532 g/mol. The fraction of sp³-hybridized carbons (Fsp3) is 0.261. The third-order valence-electron chi connectivity index (χ3n) is 5.74. The number of pyridine rings is 1. The van der Waals surface area contributed by atoms with E-state index in [0.29, 0.717) is 5.69 Å². The summed E-state index contributed by atoms with van der Waals surface area (Å²) >= 11 is 0. The van der Waals surface area contributed by atoms with Gasteiger partial charge >= 0.3 is 0 Å². The molecule has 0 radical (unpaired) electrons. The first-order valence-corrected chi connectivity index (χ1v) is 12.5. The average Bonchev–Trinajstić information content (AvgIpc) is 3.30. The molecule has 37 heavy (non-hydrogen) atoms. The highest BCUT2D eigenvalue weighted by atomic mass is 32.2.